The van der Waals surface area contributed by atoms with Crippen molar-refractivity contribution in [1.29, 1.82) is 0 Å². The molecule has 0 radical (unpaired) electrons. The molecule has 2 heterocycles. The third-order valence-corrected chi connectivity index (χ3v) is 5.52. The highest BCUT2D eigenvalue weighted by Crippen LogP contribution is 2.17. The molecule has 1 aliphatic heterocycles. The van der Waals surface area contributed by atoms with Gasteiger partial charge in [0.25, 0.3) is 5.91 Å². The minimum absolute atomic E-state index is 0.00921. The number of imidazole rings is 1. The highest BCUT2D eigenvalue weighted by molar-refractivity contribution is 5.97. The van der Waals surface area contributed by atoms with Crippen molar-refractivity contribution in [3.05, 3.63) is 59.4 Å². The van der Waals surface area contributed by atoms with E-state index in [1.807, 2.05) is 43.3 Å². The highest BCUT2D eigenvalue weighted by Gasteiger charge is 2.17. The van der Waals surface area contributed by atoms with Crippen molar-refractivity contribution in [2.75, 3.05) is 18.5 Å². The van der Waals surface area contributed by atoms with E-state index in [1.54, 1.807) is 6.07 Å². The largest absolute Gasteiger partial charge is 0.376 e. The molecule has 7 nitrogen and oxygen atoms in total. The number of hydrogen-bond donors (Lipinski definition) is 3. The van der Waals surface area contributed by atoms with Gasteiger partial charge in [-0.25, -0.2) is 4.98 Å². The van der Waals surface area contributed by atoms with Gasteiger partial charge in [0.1, 0.15) is 5.82 Å². The maximum Gasteiger partial charge on any atom is 0.251 e. The first kappa shape index (κ1) is 21.1. The molecule has 1 saturated heterocycles. The van der Waals surface area contributed by atoms with Crippen LogP contribution < -0.4 is 10.6 Å². The molecule has 3 N–H and O–H groups in total. The molecule has 0 aliphatic carbocycles. The van der Waals surface area contributed by atoms with E-state index in [2.05, 4.69) is 20.6 Å². The average Bonchev–Trinajstić information content (AvgIpc) is 3.45. The molecule has 0 bridgehead atoms. The number of amides is 2. The van der Waals surface area contributed by atoms with Crippen LogP contribution in [0.5, 0.6) is 0 Å². The molecule has 1 atom stereocenters. The van der Waals surface area contributed by atoms with Crippen LogP contribution in [-0.2, 0) is 22.4 Å². The number of anilines is 1. The van der Waals surface area contributed by atoms with E-state index in [0.29, 0.717) is 18.5 Å². The van der Waals surface area contributed by atoms with Gasteiger partial charge >= 0.3 is 0 Å². The Labute approximate surface area is 181 Å². The number of H-pyrrole nitrogens is 1. The van der Waals surface area contributed by atoms with Crippen molar-refractivity contribution < 1.29 is 14.3 Å². The number of hydrogen-bond acceptors (Lipinski definition) is 4. The topological polar surface area (TPSA) is 96.1 Å². The molecule has 0 spiro atoms. The number of nitrogens with zero attached hydrogens (tertiary/aromatic N) is 1. The maximum atomic E-state index is 12.4. The Morgan fingerprint density at radius 1 is 1.16 bits per heavy atom. The van der Waals surface area contributed by atoms with E-state index in [1.165, 1.54) is 5.56 Å². The zero-order valence-corrected chi connectivity index (χ0v) is 17.7. The normalized spacial score (nSPS) is 15.8. The fourth-order valence-electron chi connectivity index (χ4n) is 3.70. The molecule has 1 aromatic heterocycles. The van der Waals surface area contributed by atoms with Gasteiger partial charge in [0, 0.05) is 37.2 Å². The average molecular weight is 421 g/mol. The summed E-state index contributed by atoms with van der Waals surface area (Å²) in [6.07, 6.45) is 4.24. The van der Waals surface area contributed by atoms with E-state index in [-0.39, 0.29) is 17.9 Å². The first-order valence-corrected chi connectivity index (χ1v) is 10.9. The van der Waals surface area contributed by atoms with E-state index < -0.39 is 0 Å². The summed E-state index contributed by atoms with van der Waals surface area (Å²) in [5, 5.41) is 5.81. The molecule has 7 heteroatoms. The van der Waals surface area contributed by atoms with Crippen molar-refractivity contribution in [2.24, 2.45) is 0 Å². The monoisotopic (exact) mass is 420 g/mol. The molecule has 0 saturated carbocycles. The van der Waals surface area contributed by atoms with Gasteiger partial charge in [0.15, 0.2) is 0 Å². The number of nitrogens with one attached hydrogen (secondary N) is 3. The Hall–Kier alpha value is -3.19. The number of rotatable bonds is 8. The van der Waals surface area contributed by atoms with Crippen LogP contribution in [0.3, 0.4) is 0 Å². The molecule has 4 rings (SSSR count). The van der Waals surface area contributed by atoms with Crippen LogP contribution in [0, 0.1) is 0 Å². The zero-order chi connectivity index (χ0) is 21.6. The van der Waals surface area contributed by atoms with Gasteiger partial charge < -0.3 is 20.4 Å². The van der Waals surface area contributed by atoms with Gasteiger partial charge in [-0.2, -0.15) is 0 Å². The molecule has 3 aromatic rings. The summed E-state index contributed by atoms with van der Waals surface area (Å²) in [6, 6.07) is 13.4. The second-order valence-corrected chi connectivity index (χ2v) is 7.86. The van der Waals surface area contributed by atoms with E-state index in [9.17, 15) is 9.59 Å². The zero-order valence-electron chi connectivity index (χ0n) is 17.7. The second-order valence-electron chi connectivity index (χ2n) is 7.86. The number of ether oxygens (including phenoxy) is 1. The third-order valence-electron chi connectivity index (χ3n) is 5.52. The smallest absolute Gasteiger partial charge is 0.251 e. The Morgan fingerprint density at radius 3 is 2.74 bits per heavy atom. The quantitative estimate of drug-likeness (QED) is 0.519. The van der Waals surface area contributed by atoms with Crippen LogP contribution in [0.1, 0.15) is 47.9 Å². The standard InChI is InChI=1S/C24H28N4O3/c1-2-23(29)26-18-9-5-16(6-10-18)7-12-22-27-20-11-8-17(14-21(20)28-22)24(30)25-15-19-4-3-13-31-19/h5-6,8-11,14,19H,2-4,7,12-13,15H2,1H3,(H,25,30)(H,26,29)(H,27,28)/t19-/m0/s1. The Kier molecular flexibility index (Phi) is 6.62. The predicted octanol–water partition coefficient (Wildman–Crippen LogP) is 3.61. The van der Waals surface area contributed by atoms with Crippen molar-refractivity contribution >= 4 is 28.5 Å². The first-order chi connectivity index (χ1) is 15.1. The molecule has 162 valence electrons. The number of aryl methyl sites for hydroxylation is 2. The number of aromatic nitrogens is 2. The van der Waals surface area contributed by atoms with Crippen LogP contribution >= 0.6 is 0 Å². The second kappa shape index (κ2) is 9.75. The summed E-state index contributed by atoms with van der Waals surface area (Å²) < 4.78 is 5.56. The van der Waals surface area contributed by atoms with Gasteiger partial charge in [-0.15, -0.1) is 0 Å². The van der Waals surface area contributed by atoms with Crippen LogP contribution in [0.15, 0.2) is 42.5 Å². The minimum Gasteiger partial charge on any atom is -0.376 e. The number of fused-ring (bicyclic) bond motifs is 1. The lowest BCUT2D eigenvalue weighted by Crippen LogP contribution is -2.31. The summed E-state index contributed by atoms with van der Waals surface area (Å²) in [7, 11) is 0. The van der Waals surface area contributed by atoms with Crippen molar-refractivity contribution in [3.63, 3.8) is 0 Å². The summed E-state index contributed by atoms with van der Waals surface area (Å²) in [5.41, 5.74) is 4.31. The van der Waals surface area contributed by atoms with Crippen LogP contribution in [-0.4, -0.2) is 41.0 Å². The van der Waals surface area contributed by atoms with Crippen LogP contribution in [0.25, 0.3) is 11.0 Å². The van der Waals surface area contributed by atoms with Gasteiger partial charge in [-0.1, -0.05) is 19.1 Å². The Morgan fingerprint density at radius 2 is 2.00 bits per heavy atom. The molecule has 1 fully saturated rings. The molecule has 31 heavy (non-hydrogen) atoms. The summed E-state index contributed by atoms with van der Waals surface area (Å²) in [6.45, 7) is 3.16. The Balaban J connectivity index is 1.34. The van der Waals surface area contributed by atoms with Crippen molar-refractivity contribution in [3.8, 4) is 0 Å². The van der Waals surface area contributed by atoms with E-state index >= 15 is 0 Å². The SMILES string of the molecule is CCC(=O)Nc1ccc(CCc2nc3ccc(C(=O)NC[C@@H]4CCCO4)cc3[nH]2)cc1. The Bertz CT molecular complexity index is 1050. The first-order valence-electron chi connectivity index (χ1n) is 10.9. The fraction of sp³-hybridized carbons (Fsp3) is 0.375. The molecule has 2 amide bonds. The number of carbonyl (C=O) groups is 2. The highest BCUT2D eigenvalue weighted by atomic mass is 16.5. The molecule has 0 unspecified atom stereocenters. The molecule has 2 aromatic carbocycles. The van der Waals surface area contributed by atoms with Crippen molar-refractivity contribution in [1.82, 2.24) is 15.3 Å². The number of carbonyl (C=O) groups excluding carboxylic acids is 2. The summed E-state index contributed by atoms with van der Waals surface area (Å²) >= 11 is 0. The maximum absolute atomic E-state index is 12.4. The lowest BCUT2D eigenvalue weighted by atomic mass is 10.1. The van der Waals surface area contributed by atoms with Gasteiger partial charge in [0.2, 0.25) is 5.91 Å². The van der Waals surface area contributed by atoms with Gasteiger partial charge in [-0.3, -0.25) is 9.59 Å². The lowest BCUT2D eigenvalue weighted by molar-refractivity contribution is -0.115. The van der Waals surface area contributed by atoms with E-state index in [0.717, 1.165) is 54.8 Å². The van der Waals surface area contributed by atoms with Gasteiger partial charge in [-0.05, 0) is 55.2 Å². The van der Waals surface area contributed by atoms with Gasteiger partial charge in [0.05, 0.1) is 17.1 Å². The van der Waals surface area contributed by atoms with Crippen LogP contribution in [0.4, 0.5) is 5.69 Å². The molecule has 1 aliphatic rings. The van der Waals surface area contributed by atoms with Crippen molar-refractivity contribution in [2.45, 2.75) is 45.1 Å². The predicted molar refractivity (Wildman–Crippen MR) is 120 cm³/mol. The molecular weight excluding hydrogens is 392 g/mol. The van der Waals surface area contributed by atoms with Crippen LogP contribution in [0.2, 0.25) is 0 Å². The summed E-state index contributed by atoms with van der Waals surface area (Å²) in [4.78, 5) is 31.9. The third kappa shape index (κ3) is 5.49. The number of aromatic amines is 1. The minimum atomic E-state index is -0.0937. The van der Waals surface area contributed by atoms with E-state index in [4.69, 9.17) is 4.74 Å². The fourth-order valence-corrected chi connectivity index (χ4v) is 3.70. The lowest BCUT2D eigenvalue weighted by Gasteiger charge is -2.10. The molecular formula is C24H28N4O3. The summed E-state index contributed by atoms with van der Waals surface area (Å²) in [5.74, 6) is 0.800. The number of benzene rings is 2.